The number of benzene rings is 2. The van der Waals surface area contributed by atoms with E-state index >= 15 is 0 Å². The molecule has 0 unspecified atom stereocenters. The topological polar surface area (TPSA) is 79.4 Å². The second-order valence-electron chi connectivity index (χ2n) is 5.44. The van der Waals surface area contributed by atoms with E-state index in [1.807, 2.05) is 41.1 Å². The Kier molecular flexibility index (Phi) is 5.53. The smallest absolute Gasteiger partial charge is 0.271 e. The van der Waals surface area contributed by atoms with Crippen molar-refractivity contribution in [2.45, 2.75) is 6.54 Å². The van der Waals surface area contributed by atoms with Crippen LogP contribution in [0.1, 0.15) is 15.9 Å². The van der Waals surface area contributed by atoms with E-state index in [1.165, 1.54) is 0 Å². The molecular weight excluding hydrogens is 443 g/mol. The maximum absolute atomic E-state index is 12.3. The van der Waals surface area contributed by atoms with E-state index in [4.69, 9.17) is 10.00 Å². The molecule has 1 amide bonds. The normalized spacial score (nSPS) is 10.8. The van der Waals surface area contributed by atoms with Crippen molar-refractivity contribution in [2.24, 2.45) is 5.10 Å². The van der Waals surface area contributed by atoms with Crippen LogP contribution in [0.2, 0.25) is 0 Å². The minimum atomic E-state index is -0.322. The number of nitrogens with one attached hydrogen (secondary N) is 1. The molecule has 3 aromatic rings. The molecule has 130 valence electrons. The summed E-state index contributed by atoms with van der Waals surface area (Å²) < 4.78 is 8.00. The molecule has 3 rings (SSSR count). The lowest BCUT2D eigenvalue weighted by molar-refractivity contribution is 0.0954. The summed E-state index contributed by atoms with van der Waals surface area (Å²) in [7, 11) is 1.56. The number of rotatable bonds is 5. The minimum Gasteiger partial charge on any atom is -0.496 e. The van der Waals surface area contributed by atoms with Crippen LogP contribution in [-0.4, -0.2) is 23.8 Å². The van der Waals surface area contributed by atoms with Gasteiger partial charge >= 0.3 is 0 Å². The Morgan fingerprint density at radius 2 is 2.19 bits per heavy atom. The van der Waals surface area contributed by atoms with Crippen LogP contribution in [0.15, 0.2) is 53.8 Å². The van der Waals surface area contributed by atoms with Gasteiger partial charge in [-0.25, -0.2) is 5.43 Å². The number of hydrogen-bond acceptors (Lipinski definition) is 4. The number of methoxy groups -OCH3 is 1. The fourth-order valence-electron chi connectivity index (χ4n) is 2.61. The number of carbonyl (C=O) groups is 1. The predicted octanol–water partition coefficient (Wildman–Crippen LogP) is 3.54. The fraction of sp³-hybridized carbons (Fsp3) is 0.105. The summed E-state index contributed by atoms with van der Waals surface area (Å²) >= 11 is 2.14. The van der Waals surface area contributed by atoms with Crippen molar-refractivity contribution < 1.29 is 9.53 Å². The zero-order valence-corrected chi connectivity index (χ0v) is 16.1. The summed E-state index contributed by atoms with van der Waals surface area (Å²) in [5.41, 5.74) is 4.76. The highest BCUT2D eigenvalue weighted by atomic mass is 127. The number of ether oxygens (including phenoxy) is 1. The molecule has 0 fully saturated rings. The molecule has 0 aliphatic carbocycles. The molecule has 1 N–H and O–H groups in total. The number of aromatic nitrogens is 1. The summed E-state index contributed by atoms with van der Waals surface area (Å²) in [5.74, 6) is 0.318. The van der Waals surface area contributed by atoms with Gasteiger partial charge in [0.1, 0.15) is 12.3 Å². The molecule has 1 heterocycles. The maximum atomic E-state index is 12.3. The van der Waals surface area contributed by atoms with Crippen molar-refractivity contribution in [3.63, 3.8) is 0 Å². The molecule has 0 spiro atoms. The molecule has 1 aromatic heterocycles. The van der Waals surface area contributed by atoms with Gasteiger partial charge in [-0.05, 0) is 46.9 Å². The van der Waals surface area contributed by atoms with Crippen LogP contribution < -0.4 is 10.2 Å². The monoisotopic (exact) mass is 458 g/mol. The van der Waals surface area contributed by atoms with Gasteiger partial charge in [-0.1, -0.05) is 18.2 Å². The van der Waals surface area contributed by atoms with Crippen LogP contribution in [0.25, 0.3) is 10.9 Å². The lowest BCUT2D eigenvalue weighted by Gasteiger charge is -2.05. The summed E-state index contributed by atoms with van der Waals surface area (Å²) in [4.78, 5) is 12.3. The van der Waals surface area contributed by atoms with E-state index < -0.39 is 0 Å². The van der Waals surface area contributed by atoms with Gasteiger partial charge in [-0.15, -0.1) is 0 Å². The third-order valence-electron chi connectivity index (χ3n) is 3.84. The lowest BCUT2D eigenvalue weighted by atomic mass is 10.2. The molecule has 0 aliphatic heterocycles. The highest BCUT2D eigenvalue weighted by molar-refractivity contribution is 14.1. The van der Waals surface area contributed by atoms with E-state index in [9.17, 15) is 4.79 Å². The quantitative estimate of drug-likeness (QED) is 0.361. The molecule has 7 heteroatoms. The molecule has 0 saturated heterocycles. The number of carbonyl (C=O) groups excluding carboxylic acids is 1. The van der Waals surface area contributed by atoms with Gasteiger partial charge in [0.25, 0.3) is 5.91 Å². The van der Waals surface area contributed by atoms with Crippen LogP contribution in [0.4, 0.5) is 0 Å². The van der Waals surface area contributed by atoms with Crippen molar-refractivity contribution >= 4 is 45.6 Å². The number of hydrazone groups is 1. The summed E-state index contributed by atoms with van der Waals surface area (Å²) in [6, 6.07) is 15.1. The third kappa shape index (κ3) is 3.70. The standard InChI is InChI=1S/C19H15IN4O2/c1-26-18-10-13(6-7-16(18)20)19(25)23-22-11-14-12-24(9-8-21)17-5-3-2-4-15(14)17/h2-7,10-12H,9H2,1H3,(H,23,25). The zero-order chi connectivity index (χ0) is 18.5. The van der Waals surface area contributed by atoms with E-state index in [-0.39, 0.29) is 12.5 Å². The van der Waals surface area contributed by atoms with E-state index in [2.05, 4.69) is 39.2 Å². The van der Waals surface area contributed by atoms with Gasteiger partial charge in [0.2, 0.25) is 0 Å². The second-order valence-corrected chi connectivity index (χ2v) is 6.60. The number of nitriles is 1. The lowest BCUT2D eigenvalue weighted by Crippen LogP contribution is -2.17. The van der Waals surface area contributed by atoms with E-state index in [0.29, 0.717) is 11.3 Å². The highest BCUT2D eigenvalue weighted by Gasteiger charge is 2.09. The van der Waals surface area contributed by atoms with E-state index in [0.717, 1.165) is 20.0 Å². The average molecular weight is 458 g/mol. The van der Waals surface area contributed by atoms with Gasteiger partial charge in [-0.2, -0.15) is 10.4 Å². The van der Waals surface area contributed by atoms with Crippen molar-refractivity contribution in [3.8, 4) is 11.8 Å². The number of fused-ring (bicyclic) bond motifs is 1. The second kappa shape index (κ2) is 8.01. The van der Waals surface area contributed by atoms with Crippen molar-refractivity contribution in [1.29, 1.82) is 5.26 Å². The number of amides is 1. The van der Waals surface area contributed by atoms with Gasteiger partial charge in [-0.3, -0.25) is 4.79 Å². The summed E-state index contributed by atoms with van der Waals surface area (Å²) in [6.45, 7) is 0.253. The number of halogens is 1. The first-order valence-electron chi connectivity index (χ1n) is 7.76. The first-order valence-corrected chi connectivity index (χ1v) is 8.83. The molecule has 26 heavy (non-hydrogen) atoms. The van der Waals surface area contributed by atoms with E-state index in [1.54, 1.807) is 25.5 Å². The molecule has 0 bridgehead atoms. The number of para-hydroxylation sites is 1. The maximum Gasteiger partial charge on any atom is 0.271 e. The number of hydrogen-bond donors (Lipinski definition) is 1. The predicted molar refractivity (Wildman–Crippen MR) is 108 cm³/mol. The Hall–Kier alpha value is -2.86. The van der Waals surface area contributed by atoms with Gasteiger partial charge in [0, 0.05) is 28.2 Å². The molecular formula is C19H15IN4O2. The largest absolute Gasteiger partial charge is 0.496 e. The molecule has 6 nitrogen and oxygen atoms in total. The van der Waals surface area contributed by atoms with Crippen LogP contribution in [0.5, 0.6) is 5.75 Å². The average Bonchev–Trinajstić information content (AvgIpc) is 3.00. The third-order valence-corrected chi connectivity index (χ3v) is 4.73. The first kappa shape index (κ1) is 17.9. The first-order chi connectivity index (χ1) is 12.6. The summed E-state index contributed by atoms with van der Waals surface area (Å²) in [5, 5.41) is 14.0. The molecule has 0 saturated carbocycles. The Labute approximate surface area is 164 Å². The van der Waals surface area contributed by atoms with Crippen LogP contribution in [-0.2, 0) is 6.54 Å². The Morgan fingerprint density at radius 3 is 2.96 bits per heavy atom. The zero-order valence-electron chi connectivity index (χ0n) is 13.9. The fourth-order valence-corrected chi connectivity index (χ4v) is 3.17. The van der Waals surface area contributed by atoms with Gasteiger partial charge in [0.15, 0.2) is 0 Å². The molecule has 2 aromatic carbocycles. The van der Waals surface area contributed by atoms with Crippen molar-refractivity contribution in [1.82, 2.24) is 9.99 Å². The Bertz CT molecular complexity index is 1030. The van der Waals surface area contributed by atoms with Gasteiger partial charge < -0.3 is 9.30 Å². The SMILES string of the molecule is COc1cc(C(=O)NN=Cc2cn(CC#N)c3ccccc23)ccc1I. The molecule has 0 radical (unpaired) electrons. The van der Waals surface area contributed by atoms with Crippen LogP contribution in [0, 0.1) is 14.9 Å². The molecule has 0 atom stereocenters. The van der Waals surface area contributed by atoms with Crippen molar-refractivity contribution in [3.05, 3.63) is 63.4 Å². The summed E-state index contributed by atoms with van der Waals surface area (Å²) in [6.07, 6.45) is 3.43. The molecule has 0 aliphatic rings. The van der Waals surface area contributed by atoms with Crippen LogP contribution >= 0.6 is 22.6 Å². The minimum absolute atomic E-state index is 0.253. The van der Waals surface area contributed by atoms with Gasteiger partial charge in [0.05, 0.1) is 23.0 Å². The van der Waals surface area contributed by atoms with Crippen molar-refractivity contribution in [2.75, 3.05) is 7.11 Å². The Balaban J connectivity index is 1.80. The van der Waals surface area contributed by atoms with Crippen LogP contribution in [0.3, 0.4) is 0 Å². The highest BCUT2D eigenvalue weighted by Crippen LogP contribution is 2.22. The Morgan fingerprint density at radius 1 is 1.38 bits per heavy atom. The number of nitrogens with zero attached hydrogens (tertiary/aromatic N) is 3.